The number of amides is 1. The molecule has 0 fully saturated rings. The molecule has 134 valence electrons. The number of carbonyl (C=O) groups is 2. The molecule has 3 rings (SSSR count). The molecular formula is C17H15N3O5S. The molecule has 0 spiro atoms. The van der Waals surface area contributed by atoms with Gasteiger partial charge >= 0.3 is 5.97 Å². The molecule has 1 aliphatic heterocycles. The number of nitrogens with zero attached hydrogens (tertiary/aromatic N) is 3. The zero-order valence-electron chi connectivity index (χ0n) is 13.6. The maximum Gasteiger partial charge on any atom is 0.303 e. The van der Waals surface area contributed by atoms with Crippen molar-refractivity contribution in [1.82, 2.24) is 5.01 Å². The van der Waals surface area contributed by atoms with Crippen molar-refractivity contribution in [3.63, 3.8) is 0 Å². The van der Waals surface area contributed by atoms with Crippen LogP contribution in [0, 0.1) is 10.1 Å². The van der Waals surface area contributed by atoms with Crippen molar-refractivity contribution in [3.05, 3.63) is 62.3 Å². The number of carboxylic acid groups (broad SMARTS) is 1. The first-order valence-corrected chi connectivity index (χ1v) is 8.73. The number of benzene rings is 1. The van der Waals surface area contributed by atoms with Gasteiger partial charge < -0.3 is 5.11 Å². The molecule has 2 heterocycles. The van der Waals surface area contributed by atoms with Crippen molar-refractivity contribution in [2.75, 3.05) is 0 Å². The molecular weight excluding hydrogens is 358 g/mol. The molecule has 26 heavy (non-hydrogen) atoms. The van der Waals surface area contributed by atoms with E-state index in [0.29, 0.717) is 17.7 Å². The average Bonchev–Trinajstić information content (AvgIpc) is 3.29. The second kappa shape index (κ2) is 7.44. The highest BCUT2D eigenvalue weighted by atomic mass is 32.1. The second-order valence-corrected chi connectivity index (χ2v) is 6.68. The van der Waals surface area contributed by atoms with Gasteiger partial charge in [0.2, 0.25) is 5.91 Å². The van der Waals surface area contributed by atoms with Gasteiger partial charge in [0.25, 0.3) is 5.69 Å². The van der Waals surface area contributed by atoms with Gasteiger partial charge in [0.05, 0.1) is 28.0 Å². The van der Waals surface area contributed by atoms with Crippen molar-refractivity contribution in [2.24, 2.45) is 5.10 Å². The van der Waals surface area contributed by atoms with Crippen LogP contribution in [0.2, 0.25) is 0 Å². The molecule has 0 saturated carbocycles. The number of thiophene rings is 1. The van der Waals surface area contributed by atoms with E-state index in [4.69, 9.17) is 5.11 Å². The minimum absolute atomic E-state index is 0.0648. The Kier molecular flexibility index (Phi) is 5.08. The summed E-state index contributed by atoms with van der Waals surface area (Å²) < 4.78 is 0. The molecule has 9 heteroatoms. The van der Waals surface area contributed by atoms with Crippen molar-refractivity contribution in [3.8, 4) is 0 Å². The molecule has 1 amide bonds. The van der Waals surface area contributed by atoms with Gasteiger partial charge in [0, 0.05) is 25.0 Å². The van der Waals surface area contributed by atoms with E-state index in [0.717, 1.165) is 4.88 Å². The first kappa shape index (κ1) is 17.7. The van der Waals surface area contributed by atoms with E-state index in [1.807, 2.05) is 17.5 Å². The summed E-state index contributed by atoms with van der Waals surface area (Å²) in [6.07, 6.45) is -0.0523. The van der Waals surface area contributed by atoms with Gasteiger partial charge in [-0.1, -0.05) is 18.2 Å². The lowest BCUT2D eigenvalue weighted by Gasteiger charge is -2.21. The molecule has 0 unspecified atom stereocenters. The Bertz CT molecular complexity index is 878. The Morgan fingerprint density at radius 2 is 2.12 bits per heavy atom. The Balaban J connectivity index is 1.91. The Labute approximate surface area is 152 Å². The highest BCUT2D eigenvalue weighted by Gasteiger charge is 2.34. The molecule has 0 bridgehead atoms. The van der Waals surface area contributed by atoms with Crippen LogP contribution in [0.5, 0.6) is 0 Å². The number of nitro benzene ring substituents is 1. The van der Waals surface area contributed by atoms with Crippen molar-refractivity contribution in [1.29, 1.82) is 0 Å². The summed E-state index contributed by atoms with van der Waals surface area (Å²) in [4.78, 5) is 34.7. The summed E-state index contributed by atoms with van der Waals surface area (Å²) in [5.41, 5.74) is 1.24. The van der Waals surface area contributed by atoms with E-state index < -0.39 is 22.8 Å². The van der Waals surface area contributed by atoms with Crippen molar-refractivity contribution < 1.29 is 19.6 Å². The van der Waals surface area contributed by atoms with E-state index in [2.05, 4.69) is 5.10 Å². The number of rotatable bonds is 6. The molecule has 1 aromatic carbocycles. The predicted molar refractivity (Wildman–Crippen MR) is 95.0 cm³/mol. The highest BCUT2D eigenvalue weighted by molar-refractivity contribution is 7.12. The third-order valence-electron chi connectivity index (χ3n) is 3.99. The second-order valence-electron chi connectivity index (χ2n) is 5.73. The zero-order chi connectivity index (χ0) is 18.7. The smallest absolute Gasteiger partial charge is 0.303 e. The number of hydrogen-bond donors (Lipinski definition) is 1. The molecule has 0 saturated heterocycles. The molecule has 1 aromatic heterocycles. The van der Waals surface area contributed by atoms with Gasteiger partial charge in [-0.15, -0.1) is 11.3 Å². The van der Waals surface area contributed by atoms with Crippen LogP contribution in [0.3, 0.4) is 0 Å². The summed E-state index contributed by atoms with van der Waals surface area (Å²) in [5, 5.41) is 27.4. The average molecular weight is 373 g/mol. The lowest BCUT2D eigenvalue weighted by Crippen LogP contribution is -2.27. The Hall–Kier alpha value is -3.07. The number of nitro groups is 1. The number of hydrogen-bond acceptors (Lipinski definition) is 6. The molecule has 1 aliphatic rings. The van der Waals surface area contributed by atoms with Crippen molar-refractivity contribution >= 4 is 34.6 Å². The normalized spacial score (nSPS) is 16.4. The van der Waals surface area contributed by atoms with E-state index in [-0.39, 0.29) is 18.5 Å². The third kappa shape index (κ3) is 3.77. The van der Waals surface area contributed by atoms with Crippen LogP contribution in [0.25, 0.3) is 0 Å². The first-order chi connectivity index (χ1) is 12.5. The topological polar surface area (TPSA) is 113 Å². The van der Waals surface area contributed by atoms with Crippen molar-refractivity contribution in [2.45, 2.75) is 25.3 Å². The lowest BCUT2D eigenvalue weighted by atomic mass is 10.0. The fourth-order valence-corrected chi connectivity index (χ4v) is 3.49. The van der Waals surface area contributed by atoms with Gasteiger partial charge in [0.15, 0.2) is 0 Å². The molecule has 1 N–H and O–H groups in total. The quantitative estimate of drug-likeness (QED) is 0.617. The summed E-state index contributed by atoms with van der Waals surface area (Å²) in [6.45, 7) is 0. The third-order valence-corrected chi connectivity index (χ3v) is 4.91. The van der Waals surface area contributed by atoms with Crippen LogP contribution in [-0.2, 0) is 9.59 Å². The van der Waals surface area contributed by atoms with Crippen LogP contribution < -0.4 is 0 Å². The molecule has 8 nitrogen and oxygen atoms in total. The first-order valence-electron chi connectivity index (χ1n) is 7.85. The van der Waals surface area contributed by atoms with E-state index in [9.17, 15) is 19.7 Å². The minimum Gasteiger partial charge on any atom is -0.481 e. The summed E-state index contributed by atoms with van der Waals surface area (Å²) in [5.74, 6) is -1.48. The van der Waals surface area contributed by atoms with E-state index >= 15 is 0 Å². The molecule has 0 radical (unpaired) electrons. The zero-order valence-corrected chi connectivity index (χ0v) is 14.4. The van der Waals surface area contributed by atoms with Crippen LogP contribution in [0.1, 0.15) is 35.7 Å². The fraction of sp³-hybridized carbons (Fsp3) is 0.235. The standard InChI is InChI=1S/C17H15N3O5S/c21-16(6-7-17(22)23)19-14(10-13(18-19)15-5-2-8-26-15)11-3-1-4-12(9-11)20(24)25/h1-5,8-9,14H,6-7,10H2,(H,22,23)/t14-/m1/s1. The highest BCUT2D eigenvalue weighted by Crippen LogP contribution is 2.35. The fourth-order valence-electron chi connectivity index (χ4n) is 2.77. The van der Waals surface area contributed by atoms with E-state index in [1.54, 1.807) is 12.1 Å². The van der Waals surface area contributed by atoms with Gasteiger partial charge in [-0.05, 0) is 17.0 Å². The number of non-ortho nitro benzene ring substituents is 1. The number of carbonyl (C=O) groups excluding carboxylic acids is 1. The van der Waals surface area contributed by atoms with Gasteiger partial charge in [-0.25, -0.2) is 5.01 Å². The largest absolute Gasteiger partial charge is 0.481 e. The van der Waals surface area contributed by atoms with Crippen LogP contribution in [0.4, 0.5) is 5.69 Å². The number of aliphatic carboxylic acids is 1. The maximum atomic E-state index is 12.5. The SMILES string of the molecule is O=C(O)CCC(=O)N1N=C(c2cccs2)C[C@@H]1c1cccc([N+](=O)[O-])c1. The molecule has 2 aromatic rings. The monoisotopic (exact) mass is 373 g/mol. The van der Waals surface area contributed by atoms with Crippen LogP contribution in [-0.4, -0.2) is 32.6 Å². The number of hydrazone groups is 1. The van der Waals surface area contributed by atoms with Gasteiger partial charge in [-0.2, -0.15) is 5.10 Å². The Morgan fingerprint density at radius 1 is 1.31 bits per heavy atom. The van der Waals surface area contributed by atoms with Crippen LogP contribution in [0.15, 0.2) is 46.9 Å². The van der Waals surface area contributed by atoms with Gasteiger partial charge in [0.1, 0.15) is 0 Å². The summed E-state index contributed by atoms with van der Waals surface area (Å²) >= 11 is 1.49. The summed E-state index contributed by atoms with van der Waals surface area (Å²) in [6, 6.07) is 9.36. The summed E-state index contributed by atoms with van der Waals surface area (Å²) in [7, 11) is 0. The van der Waals surface area contributed by atoms with E-state index in [1.165, 1.54) is 28.5 Å². The Morgan fingerprint density at radius 3 is 2.77 bits per heavy atom. The maximum absolute atomic E-state index is 12.5. The number of carboxylic acids is 1. The minimum atomic E-state index is -1.06. The molecule has 0 aliphatic carbocycles. The predicted octanol–water partition coefficient (Wildman–Crippen LogP) is 3.20. The lowest BCUT2D eigenvalue weighted by molar-refractivity contribution is -0.385. The van der Waals surface area contributed by atoms with Crippen LogP contribution >= 0.6 is 11.3 Å². The molecule has 1 atom stereocenters. The van der Waals surface area contributed by atoms with Gasteiger partial charge in [-0.3, -0.25) is 19.7 Å².